The molecule has 0 N–H and O–H groups in total. The van der Waals surface area contributed by atoms with Crippen LogP contribution in [0, 0.1) is 0 Å². The van der Waals surface area contributed by atoms with Crippen LogP contribution in [-0.2, 0) is 0 Å². The molecule has 0 heteroatoms. The van der Waals surface area contributed by atoms with E-state index >= 15 is 0 Å². The van der Waals surface area contributed by atoms with E-state index in [2.05, 4.69) is 25.3 Å². The number of hydrogen-bond acceptors (Lipinski definition) is 0. The summed E-state index contributed by atoms with van der Waals surface area (Å²) in [6.07, 6.45) is 7.96. The Balaban J connectivity index is 0.00000121. The summed E-state index contributed by atoms with van der Waals surface area (Å²) in [6, 6.07) is 10.2. The smallest absolute Gasteiger partial charge is 0.0256 e. The highest BCUT2D eigenvalue weighted by atomic mass is 13.9. The van der Waals surface area contributed by atoms with Crippen molar-refractivity contribution in [3.05, 3.63) is 78.4 Å². The fourth-order valence-corrected chi connectivity index (χ4v) is 1.07. The molecule has 17 heavy (non-hydrogen) atoms. The van der Waals surface area contributed by atoms with E-state index in [-0.39, 0.29) is 0 Å². The molecule has 0 fully saturated rings. The molecule has 0 bridgehead atoms. The SMILES string of the molecule is C=C(C)/C=C\C(=C)/C=C/c1ccccc1.CC. The predicted octanol–water partition coefficient (Wildman–Crippen LogP) is 5.41. The summed E-state index contributed by atoms with van der Waals surface area (Å²) in [5.41, 5.74) is 3.19. The van der Waals surface area contributed by atoms with Crippen LogP contribution in [0.1, 0.15) is 26.3 Å². The highest BCUT2D eigenvalue weighted by molar-refractivity contribution is 5.54. The van der Waals surface area contributed by atoms with Gasteiger partial charge in [-0.05, 0) is 18.1 Å². The second-order valence-corrected chi connectivity index (χ2v) is 3.50. The first-order chi connectivity index (χ1) is 8.18. The molecule has 0 atom stereocenters. The number of allylic oxidation sites excluding steroid dienone is 5. The van der Waals surface area contributed by atoms with E-state index in [9.17, 15) is 0 Å². The van der Waals surface area contributed by atoms with Crippen molar-refractivity contribution >= 4 is 6.08 Å². The van der Waals surface area contributed by atoms with Crippen LogP contribution in [-0.4, -0.2) is 0 Å². The molecule has 0 aliphatic carbocycles. The van der Waals surface area contributed by atoms with Crippen molar-refractivity contribution in [3.63, 3.8) is 0 Å². The minimum Gasteiger partial charge on any atom is -0.0961 e. The van der Waals surface area contributed by atoms with Crippen molar-refractivity contribution in [2.24, 2.45) is 0 Å². The Morgan fingerprint density at radius 2 is 1.53 bits per heavy atom. The Kier molecular flexibility index (Phi) is 8.40. The van der Waals surface area contributed by atoms with Crippen molar-refractivity contribution in [2.75, 3.05) is 0 Å². The van der Waals surface area contributed by atoms with Gasteiger partial charge < -0.3 is 0 Å². The zero-order valence-electron chi connectivity index (χ0n) is 11.1. The zero-order chi connectivity index (χ0) is 13.1. The molecule has 0 amide bonds. The van der Waals surface area contributed by atoms with Crippen LogP contribution >= 0.6 is 0 Å². The van der Waals surface area contributed by atoms with Crippen molar-refractivity contribution < 1.29 is 0 Å². The van der Waals surface area contributed by atoms with E-state index in [0.717, 1.165) is 11.1 Å². The van der Waals surface area contributed by atoms with Crippen LogP contribution in [0.5, 0.6) is 0 Å². The minimum absolute atomic E-state index is 0.974. The standard InChI is InChI=1S/C15H16.C2H6/c1-13(2)9-10-14(3)11-12-15-7-5-4-6-8-15;1-2/h4-12H,1,3H2,2H3;1-2H3/b10-9-,12-11+;. The van der Waals surface area contributed by atoms with Gasteiger partial charge in [0.15, 0.2) is 0 Å². The Morgan fingerprint density at radius 3 is 2.06 bits per heavy atom. The minimum atomic E-state index is 0.974. The van der Waals surface area contributed by atoms with Crippen LogP contribution < -0.4 is 0 Å². The molecule has 1 aromatic rings. The molecular formula is C17H22. The van der Waals surface area contributed by atoms with Crippen LogP contribution in [0.3, 0.4) is 0 Å². The largest absolute Gasteiger partial charge is 0.0961 e. The normalized spacial score (nSPS) is 10.1. The third-order valence-electron chi connectivity index (χ3n) is 1.87. The molecule has 0 aliphatic heterocycles. The first-order valence-corrected chi connectivity index (χ1v) is 5.94. The van der Waals surface area contributed by atoms with Gasteiger partial charge in [-0.15, -0.1) is 0 Å². The van der Waals surface area contributed by atoms with Crippen molar-refractivity contribution in [1.82, 2.24) is 0 Å². The molecular weight excluding hydrogens is 204 g/mol. The lowest BCUT2D eigenvalue weighted by Crippen LogP contribution is -1.71. The number of benzene rings is 1. The molecule has 1 aromatic carbocycles. The fourth-order valence-electron chi connectivity index (χ4n) is 1.07. The molecule has 0 unspecified atom stereocenters. The topological polar surface area (TPSA) is 0 Å². The molecule has 0 nitrogen and oxygen atoms in total. The van der Waals surface area contributed by atoms with Gasteiger partial charge in [0.2, 0.25) is 0 Å². The van der Waals surface area contributed by atoms with E-state index in [0.29, 0.717) is 0 Å². The quantitative estimate of drug-likeness (QED) is 0.602. The molecule has 1 rings (SSSR count). The molecule has 0 heterocycles. The molecule has 0 saturated heterocycles. The lowest BCUT2D eigenvalue weighted by molar-refractivity contribution is 1.50. The summed E-state index contributed by atoms with van der Waals surface area (Å²) < 4.78 is 0. The van der Waals surface area contributed by atoms with Gasteiger partial charge in [-0.2, -0.15) is 0 Å². The third-order valence-corrected chi connectivity index (χ3v) is 1.87. The average Bonchev–Trinajstić information content (AvgIpc) is 2.37. The second-order valence-electron chi connectivity index (χ2n) is 3.50. The number of hydrogen-bond donors (Lipinski definition) is 0. The second kappa shape index (κ2) is 9.41. The van der Waals surface area contributed by atoms with Crippen molar-refractivity contribution in [2.45, 2.75) is 20.8 Å². The van der Waals surface area contributed by atoms with Gasteiger partial charge in [0.05, 0.1) is 0 Å². The molecule has 0 spiro atoms. The predicted molar refractivity (Wildman–Crippen MR) is 79.9 cm³/mol. The lowest BCUT2D eigenvalue weighted by atomic mass is 10.1. The molecule has 0 aliphatic rings. The van der Waals surface area contributed by atoms with Crippen molar-refractivity contribution in [3.8, 4) is 0 Å². The number of rotatable bonds is 4. The van der Waals surface area contributed by atoms with E-state index in [1.165, 1.54) is 5.56 Å². The van der Waals surface area contributed by atoms with E-state index in [4.69, 9.17) is 0 Å². The van der Waals surface area contributed by atoms with Gasteiger partial charge in [0.1, 0.15) is 0 Å². The van der Waals surface area contributed by atoms with Gasteiger partial charge in [-0.3, -0.25) is 0 Å². The summed E-state index contributed by atoms with van der Waals surface area (Å²) in [4.78, 5) is 0. The lowest BCUT2D eigenvalue weighted by Gasteiger charge is -1.92. The van der Waals surface area contributed by atoms with Gasteiger partial charge in [0.25, 0.3) is 0 Å². The van der Waals surface area contributed by atoms with E-state index in [1.807, 2.05) is 63.3 Å². The van der Waals surface area contributed by atoms with Gasteiger partial charge >= 0.3 is 0 Å². The van der Waals surface area contributed by atoms with Crippen LogP contribution in [0.4, 0.5) is 0 Å². The fraction of sp³-hybridized carbons (Fsp3) is 0.176. The van der Waals surface area contributed by atoms with E-state index < -0.39 is 0 Å². The maximum atomic E-state index is 3.93. The first-order valence-electron chi connectivity index (χ1n) is 5.94. The van der Waals surface area contributed by atoms with Gasteiger partial charge in [-0.1, -0.05) is 87.2 Å². The summed E-state index contributed by atoms with van der Waals surface area (Å²) in [6.45, 7) is 13.7. The van der Waals surface area contributed by atoms with Crippen LogP contribution in [0.2, 0.25) is 0 Å². The summed E-state index contributed by atoms with van der Waals surface area (Å²) >= 11 is 0. The van der Waals surface area contributed by atoms with Gasteiger partial charge in [-0.25, -0.2) is 0 Å². The highest BCUT2D eigenvalue weighted by Gasteiger charge is 1.84. The third kappa shape index (κ3) is 8.04. The summed E-state index contributed by atoms with van der Waals surface area (Å²) in [5, 5.41) is 0. The maximum absolute atomic E-state index is 3.93. The highest BCUT2D eigenvalue weighted by Crippen LogP contribution is 2.05. The molecule has 0 radical (unpaired) electrons. The van der Waals surface area contributed by atoms with Crippen LogP contribution in [0.25, 0.3) is 6.08 Å². The Bertz CT molecular complexity index is 391. The Morgan fingerprint density at radius 1 is 0.941 bits per heavy atom. The zero-order valence-corrected chi connectivity index (χ0v) is 11.1. The average molecular weight is 226 g/mol. The van der Waals surface area contributed by atoms with Gasteiger partial charge in [0, 0.05) is 0 Å². The van der Waals surface area contributed by atoms with E-state index in [1.54, 1.807) is 0 Å². The Labute approximate surface area is 106 Å². The summed E-state index contributed by atoms with van der Waals surface area (Å²) in [7, 11) is 0. The summed E-state index contributed by atoms with van der Waals surface area (Å²) in [5.74, 6) is 0. The Hall–Kier alpha value is -1.82. The molecule has 90 valence electrons. The van der Waals surface area contributed by atoms with Crippen LogP contribution in [0.15, 0.2) is 72.9 Å². The first kappa shape index (κ1) is 15.2. The maximum Gasteiger partial charge on any atom is -0.0256 e. The van der Waals surface area contributed by atoms with Crippen molar-refractivity contribution in [1.29, 1.82) is 0 Å². The monoisotopic (exact) mass is 226 g/mol. The molecule has 0 aromatic heterocycles. The molecule has 0 saturated carbocycles.